The number of hydrogen-bond acceptors (Lipinski definition) is 4. The second-order valence-corrected chi connectivity index (χ2v) is 4.08. The van der Waals surface area contributed by atoms with Gasteiger partial charge in [-0.05, 0) is 27.7 Å². The summed E-state index contributed by atoms with van der Waals surface area (Å²) in [5.41, 5.74) is -0.491. The molecule has 14 heavy (non-hydrogen) atoms. The number of carbonyl (C=O) groups is 1. The molecule has 2 N–H and O–H groups in total. The van der Waals surface area contributed by atoms with Crippen LogP contribution in [0.4, 0.5) is 4.79 Å². The molecule has 0 radical (unpaired) electrons. The molecule has 0 saturated carbocycles. The largest absolute Gasteiger partial charge is 0.444 e. The molecule has 1 unspecified atom stereocenters. The zero-order valence-corrected chi connectivity index (χ0v) is 9.07. The van der Waals surface area contributed by atoms with Crippen molar-refractivity contribution in [1.82, 2.24) is 5.32 Å². The molecule has 5 heteroatoms. The van der Waals surface area contributed by atoms with E-state index in [1.165, 1.54) is 6.21 Å². The van der Waals surface area contributed by atoms with Crippen LogP contribution in [0, 0.1) is 0 Å². The van der Waals surface area contributed by atoms with E-state index in [4.69, 9.17) is 9.94 Å². The van der Waals surface area contributed by atoms with E-state index in [9.17, 15) is 4.79 Å². The average Bonchev–Trinajstić information content (AvgIpc) is 1.96. The molecular formula is C9H18N2O3. The Morgan fingerprint density at radius 3 is 2.64 bits per heavy atom. The smallest absolute Gasteiger partial charge is 0.407 e. The van der Waals surface area contributed by atoms with Crippen molar-refractivity contribution in [3.8, 4) is 0 Å². The van der Waals surface area contributed by atoms with Crippen LogP contribution in [0.2, 0.25) is 0 Å². The van der Waals surface area contributed by atoms with E-state index in [1.54, 1.807) is 27.7 Å². The highest BCUT2D eigenvalue weighted by Gasteiger charge is 2.17. The first-order chi connectivity index (χ1) is 6.35. The van der Waals surface area contributed by atoms with E-state index < -0.39 is 11.7 Å². The molecule has 0 fully saturated rings. The van der Waals surface area contributed by atoms with Crippen LogP contribution in [-0.4, -0.2) is 29.2 Å². The van der Waals surface area contributed by atoms with Crippen LogP contribution in [0.5, 0.6) is 0 Å². The van der Waals surface area contributed by atoms with Gasteiger partial charge in [0.25, 0.3) is 0 Å². The van der Waals surface area contributed by atoms with E-state index in [1.807, 2.05) is 0 Å². The van der Waals surface area contributed by atoms with Gasteiger partial charge in [0.05, 0.1) is 0 Å². The summed E-state index contributed by atoms with van der Waals surface area (Å²) in [5, 5.41) is 13.6. The maximum Gasteiger partial charge on any atom is 0.407 e. The van der Waals surface area contributed by atoms with Crippen molar-refractivity contribution in [1.29, 1.82) is 0 Å². The van der Waals surface area contributed by atoms with Gasteiger partial charge in [-0.3, -0.25) is 0 Å². The van der Waals surface area contributed by atoms with Crippen molar-refractivity contribution in [3.05, 3.63) is 0 Å². The van der Waals surface area contributed by atoms with Crippen molar-refractivity contribution in [2.24, 2.45) is 5.16 Å². The summed E-state index contributed by atoms with van der Waals surface area (Å²) >= 11 is 0. The van der Waals surface area contributed by atoms with Crippen LogP contribution in [0.25, 0.3) is 0 Å². The molecule has 0 rings (SSSR count). The fourth-order valence-corrected chi connectivity index (χ4v) is 0.773. The van der Waals surface area contributed by atoms with Crippen LogP contribution in [0.15, 0.2) is 5.16 Å². The van der Waals surface area contributed by atoms with Gasteiger partial charge in [0.15, 0.2) is 0 Å². The Morgan fingerprint density at radius 2 is 2.21 bits per heavy atom. The Morgan fingerprint density at radius 1 is 1.64 bits per heavy atom. The summed E-state index contributed by atoms with van der Waals surface area (Å²) in [6.07, 6.45) is 1.33. The monoisotopic (exact) mass is 202 g/mol. The summed E-state index contributed by atoms with van der Waals surface area (Å²) in [6.45, 7) is 7.19. The lowest BCUT2D eigenvalue weighted by Gasteiger charge is -2.21. The minimum absolute atomic E-state index is 0.110. The zero-order chi connectivity index (χ0) is 11.2. The molecule has 1 amide bonds. The van der Waals surface area contributed by atoms with Gasteiger partial charge in [-0.1, -0.05) is 0 Å². The van der Waals surface area contributed by atoms with Crippen LogP contribution in [0.3, 0.4) is 0 Å². The number of nitrogens with one attached hydrogen (secondary N) is 1. The van der Waals surface area contributed by atoms with Crippen LogP contribution >= 0.6 is 0 Å². The van der Waals surface area contributed by atoms with Gasteiger partial charge in [-0.15, -0.1) is 5.16 Å². The number of rotatable bonds is 3. The van der Waals surface area contributed by atoms with E-state index in [0.717, 1.165) is 0 Å². The number of ether oxygens (including phenoxy) is 1. The molecule has 0 aliphatic heterocycles. The maximum atomic E-state index is 11.2. The summed E-state index contributed by atoms with van der Waals surface area (Å²) in [5.74, 6) is 0. The topological polar surface area (TPSA) is 70.9 Å². The number of oxime groups is 1. The Labute approximate surface area is 84.1 Å². The first-order valence-corrected chi connectivity index (χ1v) is 4.50. The number of amides is 1. The van der Waals surface area contributed by atoms with E-state index in [-0.39, 0.29) is 6.04 Å². The minimum Gasteiger partial charge on any atom is -0.444 e. The van der Waals surface area contributed by atoms with E-state index >= 15 is 0 Å². The molecule has 0 aliphatic rings. The number of carbonyl (C=O) groups excluding carboxylic acids is 1. The predicted molar refractivity (Wildman–Crippen MR) is 53.7 cm³/mol. The maximum absolute atomic E-state index is 11.2. The fraction of sp³-hybridized carbons (Fsp3) is 0.778. The predicted octanol–water partition coefficient (Wildman–Crippen LogP) is 1.75. The molecule has 0 heterocycles. The molecule has 82 valence electrons. The average molecular weight is 202 g/mol. The van der Waals surface area contributed by atoms with Crippen molar-refractivity contribution < 1.29 is 14.7 Å². The molecule has 0 aliphatic carbocycles. The van der Waals surface area contributed by atoms with Gasteiger partial charge in [0.1, 0.15) is 5.60 Å². The number of alkyl carbamates (subject to hydrolysis) is 1. The Hall–Kier alpha value is -1.26. The number of hydrogen-bond donors (Lipinski definition) is 2. The van der Waals surface area contributed by atoms with E-state index in [2.05, 4.69) is 10.5 Å². The van der Waals surface area contributed by atoms with Crippen molar-refractivity contribution in [3.63, 3.8) is 0 Å². The highest BCUT2D eigenvalue weighted by Crippen LogP contribution is 2.06. The van der Waals surface area contributed by atoms with Gasteiger partial charge < -0.3 is 15.3 Å². The molecule has 0 spiro atoms. The third-order valence-corrected chi connectivity index (χ3v) is 1.30. The lowest BCUT2D eigenvalue weighted by Crippen LogP contribution is -2.37. The Bertz CT molecular complexity index is 209. The SMILES string of the molecule is CC(C/C=N/O)NC(=O)OC(C)(C)C. The molecule has 0 aromatic rings. The highest BCUT2D eigenvalue weighted by molar-refractivity contribution is 5.69. The number of nitrogens with zero attached hydrogens (tertiary/aromatic N) is 1. The van der Waals surface area contributed by atoms with Gasteiger partial charge in [0.2, 0.25) is 0 Å². The Balaban J connectivity index is 3.83. The minimum atomic E-state index is -0.491. The van der Waals surface area contributed by atoms with Crippen LogP contribution < -0.4 is 5.32 Å². The summed E-state index contributed by atoms with van der Waals surface area (Å²) < 4.78 is 5.03. The lowest BCUT2D eigenvalue weighted by molar-refractivity contribution is 0.0510. The molecule has 5 nitrogen and oxygen atoms in total. The standard InChI is InChI=1S/C9H18N2O3/c1-7(5-6-10-13)11-8(12)14-9(2,3)4/h6-7,13H,5H2,1-4H3,(H,11,12)/b10-6+. The van der Waals surface area contributed by atoms with Crippen LogP contribution in [-0.2, 0) is 4.74 Å². The molecule has 0 bridgehead atoms. The molecule has 0 saturated heterocycles. The van der Waals surface area contributed by atoms with Crippen molar-refractivity contribution >= 4 is 12.3 Å². The first kappa shape index (κ1) is 12.7. The first-order valence-electron chi connectivity index (χ1n) is 4.50. The summed E-state index contributed by atoms with van der Waals surface area (Å²) in [4.78, 5) is 11.2. The molecule has 1 atom stereocenters. The molecule has 0 aromatic carbocycles. The van der Waals surface area contributed by atoms with Crippen molar-refractivity contribution in [2.45, 2.75) is 45.8 Å². The van der Waals surface area contributed by atoms with E-state index in [0.29, 0.717) is 6.42 Å². The zero-order valence-electron chi connectivity index (χ0n) is 9.07. The second kappa shape index (κ2) is 5.47. The van der Waals surface area contributed by atoms with Gasteiger partial charge >= 0.3 is 6.09 Å². The Kier molecular flexibility index (Phi) is 4.97. The summed E-state index contributed by atoms with van der Waals surface area (Å²) in [6, 6.07) is -0.110. The quantitative estimate of drug-likeness (QED) is 0.416. The highest BCUT2D eigenvalue weighted by atomic mass is 16.6. The normalized spacial score (nSPS) is 14.0. The lowest BCUT2D eigenvalue weighted by atomic mass is 10.2. The molecule has 0 aromatic heterocycles. The van der Waals surface area contributed by atoms with Crippen molar-refractivity contribution in [2.75, 3.05) is 0 Å². The van der Waals surface area contributed by atoms with Gasteiger partial charge in [0, 0.05) is 18.7 Å². The third-order valence-electron chi connectivity index (χ3n) is 1.30. The second-order valence-electron chi connectivity index (χ2n) is 4.08. The van der Waals surface area contributed by atoms with Gasteiger partial charge in [-0.25, -0.2) is 4.79 Å². The van der Waals surface area contributed by atoms with Gasteiger partial charge in [-0.2, -0.15) is 0 Å². The third kappa shape index (κ3) is 7.39. The van der Waals surface area contributed by atoms with Crippen LogP contribution in [0.1, 0.15) is 34.1 Å². The summed E-state index contributed by atoms with van der Waals surface area (Å²) in [7, 11) is 0. The fourth-order valence-electron chi connectivity index (χ4n) is 0.773. The molecular weight excluding hydrogens is 184 g/mol.